The molecule has 2 aromatic rings. The normalized spacial score (nSPS) is 11.5. The van der Waals surface area contributed by atoms with Crippen LogP contribution < -0.4 is 5.56 Å². The van der Waals surface area contributed by atoms with E-state index in [1.54, 1.807) is 0 Å². The maximum atomic E-state index is 12.1. The molecule has 0 radical (unpaired) electrons. The first-order valence-electron chi connectivity index (χ1n) is 7.70. The Morgan fingerprint density at radius 2 is 2.00 bits per heavy atom. The van der Waals surface area contributed by atoms with Crippen molar-refractivity contribution in [1.82, 2.24) is 14.5 Å². The highest BCUT2D eigenvalue weighted by Gasteiger charge is 2.12. The SMILES string of the molecule is Cc1ccc(-n2c(O)c(C=NCCCN(C)C)c(=O)[nH]c2=S)cc1. The zero-order chi connectivity index (χ0) is 17.7. The van der Waals surface area contributed by atoms with E-state index >= 15 is 0 Å². The van der Waals surface area contributed by atoms with Crippen molar-refractivity contribution in [3.63, 3.8) is 0 Å². The van der Waals surface area contributed by atoms with Crippen LogP contribution in [0.25, 0.3) is 5.69 Å². The van der Waals surface area contributed by atoms with E-state index in [0.29, 0.717) is 12.2 Å². The molecular weight excluding hydrogens is 324 g/mol. The van der Waals surface area contributed by atoms with E-state index in [2.05, 4.69) is 14.9 Å². The first kappa shape index (κ1) is 18.1. The molecule has 0 spiro atoms. The topological polar surface area (TPSA) is 73.6 Å². The van der Waals surface area contributed by atoms with Crippen LogP contribution in [0.4, 0.5) is 0 Å². The summed E-state index contributed by atoms with van der Waals surface area (Å²) >= 11 is 5.18. The van der Waals surface area contributed by atoms with Crippen molar-refractivity contribution in [2.24, 2.45) is 4.99 Å². The summed E-state index contributed by atoms with van der Waals surface area (Å²) < 4.78 is 1.57. The number of nitrogens with one attached hydrogen (secondary N) is 1. The van der Waals surface area contributed by atoms with E-state index in [1.807, 2.05) is 45.3 Å². The molecule has 0 aliphatic carbocycles. The van der Waals surface area contributed by atoms with Gasteiger partial charge in [0.1, 0.15) is 5.56 Å². The summed E-state index contributed by atoms with van der Waals surface area (Å²) in [6.07, 6.45) is 2.28. The molecule has 0 bridgehead atoms. The van der Waals surface area contributed by atoms with Crippen molar-refractivity contribution in [3.8, 4) is 11.6 Å². The quantitative estimate of drug-likeness (QED) is 0.478. The summed E-state index contributed by atoms with van der Waals surface area (Å²) in [4.78, 5) is 21.0. The van der Waals surface area contributed by atoms with Crippen LogP contribution in [0.3, 0.4) is 0 Å². The van der Waals surface area contributed by atoms with Gasteiger partial charge in [-0.2, -0.15) is 0 Å². The van der Waals surface area contributed by atoms with Crippen molar-refractivity contribution in [2.75, 3.05) is 27.2 Å². The number of hydrogen-bond acceptors (Lipinski definition) is 5. The van der Waals surface area contributed by atoms with Gasteiger partial charge in [-0.15, -0.1) is 0 Å². The second-order valence-electron chi connectivity index (χ2n) is 5.86. The lowest BCUT2D eigenvalue weighted by molar-refractivity contribution is 0.403. The average molecular weight is 346 g/mol. The van der Waals surface area contributed by atoms with E-state index in [-0.39, 0.29) is 16.2 Å². The molecule has 0 atom stereocenters. The fraction of sp³-hybridized carbons (Fsp3) is 0.353. The molecule has 128 valence electrons. The molecule has 0 fully saturated rings. The third-order valence-corrected chi connectivity index (χ3v) is 3.81. The number of benzene rings is 1. The third-order valence-electron chi connectivity index (χ3n) is 3.53. The highest BCUT2D eigenvalue weighted by molar-refractivity contribution is 7.71. The average Bonchev–Trinajstić information content (AvgIpc) is 2.51. The molecule has 0 saturated heterocycles. The standard InChI is InChI=1S/C17H22N4O2S/c1-12-5-7-13(8-6-12)21-16(23)14(15(22)19-17(21)24)11-18-9-4-10-20(2)3/h5-8,11,23H,4,9-10H2,1-3H3,(H,19,22,24). The molecular formula is C17H22N4O2S. The van der Waals surface area contributed by atoms with Gasteiger partial charge in [0.05, 0.1) is 5.69 Å². The van der Waals surface area contributed by atoms with E-state index in [9.17, 15) is 9.90 Å². The molecule has 1 aromatic heterocycles. The predicted octanol–water partition coefficient (Wildman–Crippen LogP) is 2.28. The Labute approximate surface area is 146 Å². The predicted molar refractivity (Wildman–Crippen MR) is 99.3 cm³/mol. The van der Waals surface area contributed by atoms with Gasteiger partial charge in [-0.3, -0.25) is 19.3 Å². The number of aryl methyl sites for hydroxylation is 1. The monoisotopic (exact) mass is 346 g/mol. The van der Waals surface area contributed by atoms with Crippen LogP contribution in [0.5, 0.6) is 5.88 Å². The minimum absolute atomic E-state index is 0.106. The second kappa shape index (κ2) is 8.03. The Balaban J connectivity index is 2.34. The molecule has 0 unspecified atom stereocenters. The van der Waals surface area contributed by atoms with Gasteiger partial charge in [0, 0.05) is 12.8 Å². The highest BCUT2D eigenvalue weighted by Crippen LogP contribution is 2.18. The van der Waals surface area contributed by atoms with Crippen LogP contribution in [-0.2, 0) is 0 Å². The van der Waals surface area contributed by atoms with E-state index in [4.69, 9.17) is 12.2 Å². The number of aromatic nitrogens is 2. The lowest BCUT2D eigenvalue weighted by Crippen LogP contribution is -2.18. The van der Waals surface area contributed by atoms with Crippen molar-refractivity contribution < 1.29 is 5.11 Å². The summed E-state index contributed by atoms with van der Waals surface area (Å²) in [7, 11) is 3.99. The van der Waals surface area contributed by atoms with E-state index < -0.39 is 5.56 Å². The van der Waals surface area contributed by atoms with E-state index in [0.717, 1.165) is 18.5 Å². The maximum absolute atomic E-state index is 12.1. The lowest BCUT2D eigenvalue weighted by atomic mass is 10.2. The minimum atomic E-state index is -0.447. The van der Waals surface area contributed by atoms with Crippen molar-refractivity contribution in [2.45, 2.75) is 13.3 Å². The summed E-state index contributed by atoms with van der Waals surface area (Å²) in [6.45, 7) is 3.47. The van der Waals surface area contributed by atoms with Gasteiger partial charge < -0.3 is 10.0 Å². The molecule has 2 rings (SSSR count). The zero-order valence-electron chi connectivity index (χ0n) is 14.1. The van der Waals surface area contributed by atoms with Gasteiger partial charge in [0.2, 0.25) is 5.88 Å². The molecule has 24 heavy (non-hydrogen) atoms. The van der Waals surface area contributed by atoms with Crippen molar-refractivity contribution in [1.29, 1.82) is 0 Å². The van der Waals surface area contributed by atoms with Gasteiger partial charge >= 0.3 is 0 Å². The van der Waals surface area contributed by atoms with Crippen molar-refractivity contribution >= 4 is 18.4 Å². The van der Waals surface area contributed by atoms with Crippen LogP contribution in [0.15, 0.2) is 34.1 Å². The molecule has 6 nitrogen and oxygen atoms in total. The number of H-pyrrole nitrogens is 1. The molecule has 0 saturated carbocycles. The summed E-state index contributed by atoms with van der Waals surface area (Å²) in [5, 5.41) is 10.5. The molecule has 1 aromatic carbocycles. The summed E-state index contributed by atoms with van der Waals surface area (Å²) in [5.74, 6) is -0.205. The van der Waals surface area contributed by atoms with Gasteiger partial charge in [0.25, 0.3) is 5.56 Å². The highest BCUT2D eigenvalue weighted by atomic mass is 32.1. The van der Waals surface area contributed by atoms with Crippen LogP contribution in [0, 0.1) is 11.7 Å². The van der Waals surface area contributed by atoms with Gasteiger partial charge in [0.15, 0.2) is 4.77 Å². The summed E-state index contributed by atoms with van der Waals surface area (Å²) in [6, 6.07) is 7.50. The number of hydrogen-bond donors (Lipinski definition) is 2. The number of nitrogens with zero attached hydrogens (tertiary/aromatic N) is 3. The Hall–Kier alpha value is -2.25. The van der Waals surface area contributed by atoms with Crippen molar-refractivity contribution in [3.05, 3.63) is 50.5 Å². The molecule has 0 aliphatic heterocycles. The Bertz CT molecular complexity index is 835. The van der Waals surface area contributed by atoms with Crippen LogP contribution in [0.2, 0.25) is 0 Å². The molecule has 1 heterocycles. The number of aromatic hydroxyl groups is 1. The first-order valence-corrected chi connectivity index (χ1v) is 8.11. The van der Waals surface area contributed by atoms with Gasteiger partial charge in [-0.1, -0.05) is 17.7 Å². The smallest absolute Gasteiger partial charge is 0.264 e. The Morgan fingerprint density at radius 3 is 2.62 bits per heavy atom. The molecule has 0 aliphatic rings. The number of aromatic amines is 1. The van der Waals surface area contributed by atoms with Gasteiger partial charge in [-0.25, -0.2) is 0 Å². The Morgan fingerprint density at radius 1 is 1.33 bits per heavy atom. The summed E-state index contributed by atoms with van der Waals surface area (Å²) in [5.41, 5.74) is 1.43. The van der Waals surface area contributed by atoms with Gasteiger partial charge in [-0.05, 0) is 58.3 Å². The number of aliphatic imine (C=N–C) groups is 1. The van der Waals surface area contributed by atoms with Crippen LogP contribution >= 0.6 is 12.2 Å². The Kier molecular flexibility index (Phi) is 6.05. The first-order chi connectivity index (χ1) is 11.4. The molecule has 2 N–H and O–H groups in total. The maximum Gasteiger partial charge on any atom is 0.264 e. The lowest BCUT2D eigenvalue weighted by Gasteiger charge is -2.11. The van der Waals surface area contributed by atoms with Crippen LogP contribution in [0.1, 0.15) is 17.5 Å². The molecule has 0 amide bonds. The number of rotatable bonds is 6. The zero-order valence-corrected chi connectivity index (χ0v) is 14.9. The minimum Gasteiger partial charge on any atom is -0.494 e. The fourth-order valence-corrected chi connectivity index (χ4v) is 2.51. The third kappa shape index (κ3) is 4.39. The fourth-order valence-electron chi connectivity index (χ4n) is 2.22. The van der Waals surface area contributed by atoms with E-state index in [1.165, 1.54) is 10.8 Å². The van der Waals surface area contributed by atoms with Crippen LogP contribution in [-0.4, -0.2) is 53.0 Å². The molecule has 7 heteroatoms. The second-order valence-corrected chi connectivity index (χ2v) is 6.25. The largest absolute Gasteiger partial charge is 0.494 e.